The average Bonchev–Trinajstić information content (AvgIpc) is 2.91. The molecule has 0 saturated carbocycles. The summed E-state index contributed by atoms with van der Waals surface area (Å²) in [6.07, 6.45) is -0.182. The Kier molecular flexibility index (Phi) is 18.0. The number of rotatable bonds is 19. The number of carbonyl (C=O) groups is 6. The minimum Gasteiger partial charge on any atom is -0.370 e. The largest absolute Gasteiger partial charge is 0.370 e. The summed E-state index contributed by atoms with van der Waals surface area (Å²) < 4.78 is 0. The van der Waals surface area contributed by atoms with Crippen molar-refractivity contribution in [3.8, 4) is 0 Å². The third kappa shape index (κ3) is 17.3. The highest BCUT2D eigenvalue weighted by molar-refractivity contribution is 5.91. The van der Waals surface area contributed by atoms with E-state index in [9.17, 15) is 28.8 Å². The van der Waals surface area contributed by atoms with Crippen molar-refractivity contribution >= 4 is 41.4 Å². The molecule has 6 amide bonds. The lowest BCUT2D eigenvalue weighted by Gasteiger charge is -2.19. The molecular formula is C24H47N11O6. The van der Waals surface area contributed by atoms with Crippen molar-refractivity contribution in [3.05, 3.63) is 0 Å². The number of nitrogens with one attached hydrogen (secondary N) is 6. The van der Waals surface area contributed by atoms with Gasteiger partial charge in [0.15, 0.2) is 5.96 Å². The van der Waals surface area contributed by atoms with Crippen LogP contribution in [0.5, 0.6) is 0 Å². The zero-order chi connectivity index (χ0) is 31.5. The normalized spacial score (nSPS) is 13.5. The smallest absolute Gasteiger partial charge is 0.242 e. The summed E-state index contributed by atoms with van der Waals surface area (Å²) in [5.41, 5.74) is 22.4. The molecule has 0 aromatic carbocycles. The highest BCUT2D eigenvalue weighted by Crippen LogP contribution is 1.99. The fraction of sp³-hybridized carbons (Fsp3) is 0.708. The van der Waals surface area contributed by atoms with Gasteiger partial charge in [-0.25, -0.2) is 0 Å². The van der Waals surface area contributed by atoms with Crippen molar-refractivity contribution in [1.29, 1.82) is 0 Å². The highest BCUT2D eigenvalue weighted by atomic mass is 16.2. The number of carbonyl (C=O) groups excluding carboxylic acids is 6. The summed E-state index contributed by atoms with van der Waals surface area (Å²) in [6.45, 7) is 7.16. The molecule has 0 spiro atoms. The maximum Gasteiger partial charge on any atom is 0.242 e. The van der Waals surface area contributed by atoms with Crippen LogP contribution in [-0.2, 0) is 28.8 Å². The van der Waals surface area contributed by atoms with Crippen LogP contribution in [0.4, 0.5) is 0 Å². The molecule has 0 aliphatic carbocycles. The van der Waals surface area contributed by atoms with Crippen LogP contribution in [0.15, 0.2) is 4.99 Å². The molecule has 0 unspecified atom stereocenters. The SMILES string of the molecule is CC(C)[C@H](N)C(=O)NCC(=O)NCCN=C(N)NCCNC(=O)[C@H](CCC(N)=O)NC(=O)CNC(=O)[C@@H](N)C(C)C. The van der Waals surface area contributed by atoms with Gasteiger partial charge >= 0.3 is 0 Å². The first kappa shape index (κ1) is 37.0. The third-order valence-corrected chi connectivity index (χ3v) is 5.67. The van der Waals surface area contributed by atoms with E-state index in [0.29, 0.717) is 0 Å². The molecule has 0 aliphatic heterocycles. The van der Waals surface area contributed by atoms with E-state index in [0.717, 1.165) is 0 Å². The lowest BCUT2D eigenvalue weighted by Crippen LogP contribution is -2.52. The maximum absolute atomic E-state index is 12.6. The fourth-order valence-electron chi connectivity index (χ4n) is 2.97. The molecule has 0 radical (unpaired) electrons. The van der Waals surface area contributed by atoms with Gasteiger partial charge in [-0.3, -0.25) is 33.8 Å². The Morgan fingerprint density at radius 3 is 1.68 bits per heavy atom. The second-order valence-corrected chi connectivity index (χ2v) is 9.94. The second-order valence-electron chi connectivity index (χ2n) is 9.94. The Hall–Kier alpha value is -3.99. The Balaban J connectivity index is 4.46. The quantitative estimate of drug-likeness (QED) is 0.0391. The monoisotopic (exact) mass is 585 g/mol. The summed E-state index contributed by atoms with van der Waals surface area (Å²) in [5, 5.41) is 15.3. The van der Waals surface area contributed by atoms with Gasteiger partial charge in [0.2, 0.25) is 35.4 Å². The minimum absolute atomic E-state index is 0.0384. The van der Waals surface area contributed by atoms with Crippen molar-refractivity contribution < 1.29 is 28.8 Å². The number of amides is 6. The Morgan fingerprint density at radius 2 is 1.17 bits per heavy atom. The van der Waals surface area contributed by atoms with Gasteiger partial charge in [0, 0.05) is 26.1 Å². The number of hydrogen-bond donors (Lipinski definition) is 10. The molecular weight excluding hydrogens is 538 g/mol. The summed E-state index contributed by atoms with van der Waals surface area (Å²) in [4.78, 5) is 75.5. The lowest BCUT2D eigenvalue weighted by molar-refractivity contribution is -0.130. The molecule has 41 heavy (non-hydrogen) atoms. The highest BCUT2D eigenvalue weighted by Gasteiger charge is 2.23. The summed E-state index contributed by atoms with van der Waals surface area (Å²) in [6, 6.07) is -2.55. The third-order valence-electron chi connectivity index (χ3n) is 5.67. The van der Waals surface area contributed by atoms with E-state index >= 15 is 0 Å². The zero-order valence-electron chi connectivity index (χ0n) is 24.2. The lowest BCUT2D eigenvalue weighted by atomic mass is 10.1. The zero-order valence-corrected chi connectivity index (χ0v) is 24.2. The van der Waals surface area contributed by atoms with Gasteiger partial charge in [-0.1, -0.05) is 27.7 Å². The van der Waals surface area contributed by atoms with Gasteiger partial charge in [-0.15, -0.1) is 0 Å². The topological polar surface area (TPSA) is 291 Å². The average molecular weight is 586 g/mol. The van der Waals surface area contributed by atoms with Crippen LogP contribution in [0, 0.1) is 11.8 Å². The summed E-state index contributed by atoms with van der Waals surface area (Å²) in [7, 11) is 0. The van der Waals surface area contributed by atoms with Gasteiger partial charge < -0.3 is 54.8 Å². The van der Waals surface area contributed by atoms with Crippen LogP contribution in [0.1, 0.15) is 40.5 Å². The van der Waals surface area contributed by atoms with Crippen LogP contribution < -0.4 is 54.8 Å². The predicted octanol–water partition coefficient (Wildman–Crippen LogP) is -4.93. The minimum atomic E-state index is -1.06. The van der Waals surface area contributed by atoms with E-state index in [1.165, 1.54) is 0 Å². The van der Waals surface area contributed by atoms with Crippen LogP contribution >= 0.6 is 0 Å². The fourth-order valence-corrected chi connectivity index (χ4v) is 2.97. The molecule has 17 nitrogen and oxygen atoms in total. The van der Waals surface area contributed by atoms with E-state index in [1.807, 2.05) is 0 Å². The van der Waals surface area contributed by atoms with Gasteiger partial charge in [0.05, 0.1) is 31.7 Å². The van der Waals surface area contributed by atoms with Crippen molar-refractivity contribution in [2.75, 3.05) is 39.3 Å². The molecule has 0 saturated heterocycles. The van der Waals surface area contributed by atoms with Crippen LogP contribution in [0.25, 0.3) is 0 Å². The predicted molar refractivity (Wildman–Crippen MR) is 153 cm³/mol. The second kappa shape index (κ2) is 20.0. The maximum atomic E-state index is 12.6. The number of primary amides is 1. The van der Waals surface area contributed by atoms with E-state index in [2.05, 4.69) is 36.9 Å². The van der Waals surface area contributed by atoms with E-state index in [-0.39, 0.29) is 63.4 Å². The molecule has 0 bridgehead atoms. The number of nitrogens with zero attached hydrogens (tertiary/aromatic N) is 1. The van der Waals surface area contributed by atoms with Crippen molar-refractivity contribution in [2.24, 2.45) is 39.8 Å². The first-order valence-electron chi connectivity index (χ1n) is 13.4. The molecule has 0 aromatic rings. The molecule has 0 aromatic heterocycles. The molecule has 0 rings (SSSR count). The molecule has 3 atom stereocenters. The molecule has 0 aliphatic rings. The number of aliphatic imine (C=N–C) groups is 1. The van der Waals surface area contributed by atoms with Crippen molar-refractivity contribution in [2.45, 2.75) is 58.7 Å². The van der Waals surface area contributed by atoms with Gasteiger partial charge in [0.25, 0.3) is 0 Å². The van der Waals surface area contributed by atoms with E-state index in [1.54, 1.807) is 27.7 Å². The number of nitrogens with two attached hydrogens (primary N) is 4. The van der Waals surface area contributed by atoms with Crippen LogP contribution in [0.2, 0.25) is 0 Å². The number of hydrogen-bond acceptors (Lipinski definition) is 9. The number of guanidine groups is 1. The van der Waals surface area contributed by atoms with E-state index in [4.69, 9.17) is 22.9 Å². The van der Waals surface area contributed by atoms with E-state index < -0.39 is 60.1 Å². The first-order valence-corrected chi connectivity index (χ1v) is 13.4. The van der Waals surface area contributed by atoms with Crippen molar-refractivity contribution in [1.82, 2.24) is 31.9 Å². The molecule has 14 N–H and O–H groups in total. The van der Waals surface area contributed by atoms with Gasteiger partial charge in [-0.05, 0) is 18.3 Å². The molecule has 17 heteroatoms. The van der Waals surface area contributed by atoms with Crippen molar-refractivity contribution in [3.63, 3.8) is 0 Å². The Bertz CT molecular complexity index is 926. The molecule has 0 heterocycles. The van der Waals surface area contributed by atoms with Crippen LogP contribution in [0.3, 0.4) is 0 Å². The van der Waals surface area contributed by atoms with Gasteiger partial charge in [0.1, 0.15) is 6.04 Å². The first-order chi connectivity index (χ1) is 19.1. The Morgan fingerprint density at radius 1 is 0.659 bits per heavy atom. The summed E-state index contributed by atoms with van der Waals surface area (Å²) >= 11 is 0. The van der Waals surface area contributed by atoms with Crippen LogP contribution in [-0.4, -0.2) is 98.8 Å². The standard InChI is InChI=1S/C24H47N11O6/c1-13(2)19(26)22(40)33-11-17(37)29-7-9-31-24(28)32-10-8-30-21(39)15(5-6-16(25)36)35-18(38)12-34-23(41)20(27)14(3)4/h13-15,19-20H,5-12,26-27H2,1-4H3,(H2,25,36)(H,29,37)(H,30,39)(H,33,40)(H,34,41)(H,35,38)(H3,28,31,32)/t15-,19-,20-/m0/s1. The van der Waals surface area contributed by atoms with Gasteiger partial charge in [-0.2, -0.15) is 0 Å². The summed E-state index contributed by atoms with van der Waals surface area (Å²) in [5.74, 6) is -3.27. The molecule has 0 fully saturated rings. The Labute approximate surface area is 240 Å². The molecule has 234 valence electrons.